The highest BCUT2D eigenvalue weighted by molar-refractivity contribution is 6.32. The minimum atomic E-state index is 0.724. The second-order valence-corrected chi connectivity index (χ2v) is 4.35. The molecule has 0 spiro atoms. The largest absolute Gasteiger partial charge is 0.496 e. The summed E-state index contributed by atoms with van der Waals surface area (Å²) in [4.78, 5) is 0. The first kappa shape index (κ1) is 11.5. The molecule has 2 rings (SSSR count). The minimum absolute atomic E-state index is 0.724. The van der Waals surface area contributed by atoms with E-state index in [1.807, 2.05) is 24.3 Å². The summed E-state index contributed by atoms with van der Waals surface area (Å²) in [6.45, 7) is 0.888. The summed E-state index contributed by atoms with van der Waals surface area (Å²) in [7, 11) is 1.66. The van der Waals surface area contributed by atoms with Gasteiger partial charge in [-0.15, -0.1) is 0 Å². The van der Waals surface area contributed by atoms with Crippen LogP contribution >= 0.6 is 11.6 Å². The summed E-state index contributed by atoms with van der Waals surface area (Å²) in [5, 5.41) is 4.14. The van der Waals surface area contributed by atoms with Crippen LogP contribution in [0.2, 0.25) is 5.02 Å². The Morgan fingerprint density at radius 3 is 3.00 bits per heavy atom. The first-order valence-corrected chi connectivity index (χ1v) is 5.91. The highest BCUT2D eigenvalue weighted by atomic mass is 35.5. The number of methoxy groups -OCH3 is 1. The molecule has 0 amide bonds. The minimum Gasteiger partial charge on any atom is -0.496 e. The van der Waals surface area contributed by atoms with Crippen molar-refractivity contribution in [3.63, 3.8) is 0 Å². The van der Waals surface area contributed by atoms with E-state index < -0.39 is 0 Å². The highest BCUT2D eigenvalue weighted by Crippen LogP contribution is 2.27. The third-order valence-electron chi connectivity index (χ3n) is 2.62. The molecule has 0 atom stereocenters. The average molecular weight is 238 g/mol. The quantitative estimate of drug-likeness (QED) is 0.850. The van der Waals surface area contributed by atoms with Crippen LogP contribution in [0.1, 0.15) is 18.4 Å². The second kappa shape index (κ2) is 5.37. The zero-order chi connectivity index (χ0) is 11.4. The molecule has 0 heterocycles. The van der Waals surface area contributed by atoms with Crippen LogP contribution < -0.4 is 10.1 Å². The second-order valence-electron chi connectivity index (χ2n) is 3.94. The van der Waals surface area contributed by atoms with Crippen molar-refractivity contribution in [3.05, 3.63) is 34.9 Å². The van der Waals surface area contributed by atoms with Gasteiger partial charge in [0.25, 0.3) is 0 Å². The Kier molecular flexibility index (Phi) is 3.86. The van der Waals surface area contributed by atoms with Crippen molar-refractivity contribution in [1.29, 1.82) is 0 Å². The Labute approximate surface area is 101 Å². The van der Waals surface area contributed by atoms with Gasteiger partial charge in [0.2, 0.25) is 0 Å². The lowest BCUT2D eigenvalue weighted by molar-refractivity contribution is 0.414. The number of halogens is 1. The molecule has 0 unspecified atom stereocenters. The molecule has 0 aliphatic heterocycles. The Balaban J connectivity index is 2.00. The van der Waals surface area contributed by atoms with Gasteiger partial charge in [0.1, 0.15) is 5.75 Å². The molecule has 1 N–H and O–H groups in total. The molecule has 1 fully saturated rings. The van der Waals surface area contributed by atoms with E-state index in [9.17, 15) is 0 Å². The molecule has 86 valence electrons. The van der Waals surface area contributed by atoms with E-state index in [0.717, 1.165) is 28.9 Å². The van der Waals surface area contributed by atoms with Crippen LogP contribution in [-0.2, 0) is 0 Å². The fourth-order valence-electron chi connectivity index (χ4n) is 1.56. The van der Waals surface area contributed by atoms with Crippen LogP contribution in [0, 0.1) is 0 Å². The standard InChI is InChI=1S/C13H16ClNO/c1-16-13-6-2-5-12(14)11(13)4-3-9-15-10-7-8-10/h2-6,10,15H,7-9H2,1H3/b4-3+. The first-order chi connectivity index (χ1) is 7.81. The maximum absolute atomic E-state index is 6.11. The summed E-state index contributed by atoms with van der Waals surface area (Å²) in [6.07, 6.45) is 6.71. The molecule has 0 bridgehead atoms. The Morgan fingerprint density at radius 2 is 2.31 bits per heavy atom. The van der Waals surface area contributed by atoms with Gasteiger partial charge in [-0.3, -0.25) is 0 Å². The van der Waals surface area contributed by atoms with Crippen molar-refractivity contribution in [2.75, 3.05) is 13.7 Å². The maximum Gasteiger partial charge on any atom is 0.127 e. The van der Waals surface area contributed by atoms with Gasteiger partial charge in [0.15, 0.2) is 0 Å². The molecule has 0 aromatic heterocycles. The third-order valence-corrected chi connectivity index (χ3v) is 2.95. The van der Waals surface area contributed by atoms with E-state index >= 15 is 0 Å². The van der Waals surface area contributed by atoms with Gasteiger partial charge in [-0.05, 0) is 25.0 Å². The van der Waals surface area contributed by atoms with Crippen molar-refractivity contribution in [1.82, 2.24) is 5.32 Å². The lowest BCUT2D eigenvalue weighted by atomic mass is 10.2. The van der Waals surface area contributed by atoms with Gasteiger partial charge in [0, 0.05) is 18.2 Å². The fourth-order valence-corrected chi connectivity index (χ4v) is 1.78. The normalized spacial score (nSPS) is 15.6. The summed E-state index contributed by atoms with van der Waals surface area (Å²) in [5.41, 5.74) is 0.948. The van der Waals surface area contributed by atoms with Gasteiger partial charge >= 0.3 is 0 Å². The van der Waals surface area contributed by atoms with Crippen LogP contribution in [0.15, 0.2) is 24.3 Å². The molecule has 16 heavy (non-hydrogen) atoms. The predicted octanol–water partition coefficient (Wildman–Crippen LogP) is 3.11. The van der Waals surface area contributed by atoms with Gasteiger partial charge in [-0.25, -0.2) is 0 Å². The van der Waals surface area contributed by atoms with Gasteiger partial charge in [-0.2, -0.15) is 0 Å². The molecule has 0 saturated heterocycles. The van der Waals surface area contributed by atoms with Crippen LogP contribution in [0.25, 0.3) is 6.08 Å². The molecule has 1 aromatic rings. The summed E-state index contributed by atoms with van der Waals surface area (Å²) in [6, 6.07) is 6.41. The van der Waals surface area contributed by atoms with Crippen molar-refractivity contribution < 1.29 is 4.74 Å². The van der Waals surface area contributed by atoms with Crippen molar-refractivity contribution in [2.24, 2.45) is 0 Å². The smallest absolute Gasteiger partial charge is 0.127 e. The zero-order valence-electron chi connectivity index (χ0n) is 9.37. The van der Waals surface area contributed by atoms with E-state index in [-0.39, 0.29) is 0 Å². The van der Waals surface area contributed by atoms with Gasteiger partial charge in [-0.1, -0.05) is 29.8 Å². The molecule has 0 radical (unpaired) electrons. The number of ether oxygens (including phenoxy) is 1. The molecule has 2 nitrogen and oxygen atoms in total. The molecular weight excluding hydrogens is 222 g/mol. The lowest BCUT2D eigenvalue weighted by Crippen LogP contribution is -2.15. The highest BCUT2D eigenvalue weighted by Gasteiger charge is 2.18. The number of hydrogen-bond donors (Lipinski definition) is 1. The number of nitrogens with one attached hydrogen (secondary N) is 1. The van der Waals surface area contributed by atoms with Crippen LogP contribution in [0.5, 0.6) is 5.75 Å². The predicted molar refractivity (Wildman–Crippen MR) is 68.1 cm³/mol. The van der Waals surface area contributed by atoms with Crippen molar-refractivity contribution in [3.8, 4) is 5.75 Å². The molecule has 1 aromatic carbocycles. The number of rotatable bonds is 5. The average Bonchev–Trinajstić information content (AvgIpc) is 3.09. The van der Waals surface area contributed by atoms with E-state index in [1.165, 1.54) is 12.8 Å². The Morgan fingerprint density at radius 1 is 1.50 bits per heavy atom. The topological polar surface area (TPSA) is 21.3 Å². The summed E-state index contributed by atoms with van der Waals surface area (Å²) < 4.78 is 5.26. The van der Waals surface area contributed by atoms with E-state index in [0.29, 0.717) is 0 Å². The SMILES string of the molecule is COc1cccc(Cl)c1/C=C/CNC1CC1. The fraction of sp³-hybridized carbons (Fsp3) is 0.385. The van der Waals surface area contributed by atoms with Crippen LogP contribution in [0.4, 0.5) is 0 Å². The molecule has 1 saturated carbocycles. The third kappa shape index (κ3) is 3.00. The molecular formula is C13H16ClNO. The monoisotopic (exact) mass is 237 g/mol. The van der Waals surface area contributed by atoms with Gasteiger partial charge < -0.3 is 10.1 Å². The van der Waals surface area contributed by atoms with Crippen LogP contribution in [0.3, 0.4) is 0 Å². The zero-order valence-corrected chi connectivity index (χ0v) is 10.1. The maximum atomic E-state index is 6.11. The Hall–Kier alpha value is -0.990. The Bertz CT molecular complexity index is 386. The van der Waals surface area contributed by atoms with E-state index in [4.69, 9.17) is 16.3 Å². The number of hydrogen-bond acceptors (Lipinski definition) is 2. The van der Waals surface area contributed by atoms with Crippen molar-refractivity contribution >= 4 is 17.7 Å². The molecule has 1 aliphatic carbocycles. The van der Waals surface area contributed by atoms with E-state index in [1.54, 1.807) is 7.11 Å². The van der Waals surface area contributed by atoms with Crippen LogP contribution in [-0.4, -0.2) is 19.7 Å². The van der Waals surface area contributed by atoms with Gasteiger partial charge in [0.05, 0.1) is 12.1 Å². The number of benzene rings is 1. The van der Waals surface area contributed by atoms with E-state index in [2.05, 4.69) is 11.4 Å². The molecule has 1 aliphatic rings. The molecule has 3 heteroatoms. The summed E-state index contributed by atoms with van der Waals surface area (Å²) >= 11 is 6.11. The first-order valence-electron chi connectivity index (χ1n) is 5.53. The lowest BCUT2D eigenvalue weighted by Gasteiger charge is -2.06. The summed E-state index contributed by atoms with van der Waals surface area (Å²) in [5.74, 6) is 0.815. The van der Waals surface area contributed by atoms with Crippen molar-refractivity contribution in [2.45, 2.75) is 18.9 Å².